The highest BCUT2D eigenvalue weighted by Gasteiger charge is 2.28. The zero-order valence-electron chi connectivity index (χ0n) is 11.7. The second-order valence-electron chi connectivity index (χ2n) is 5.64. The minimum Gasteiger partial charge on any atom is -0.507 e. The van der Waals surface area contributed by atoms with Gasteiger partial charge in [0.05, 0.1) is 0 Å². The summed E-state index contributed by atoms with van der Waals surface area (Å²) in [5, 5.41) is 10.0. The van der Waals surface area contributed by atoms with Gasteiger partial charge in [-0.2, -0.15) is 0 Å². The van der Waals surface area contributed by atoms with Gasteiger partial charge in [-0.1, -0.05) is 58.0 Å². The molecular formula is C17H22O. The van der Waals surface area contributed by atoms with E-state index in [1.54, 1.807) is 0 Å². The van der Waals surface area contributed by atoms with Crippen molar-refractivity contribution in [1.29, 1.82) is 0 Å². The lowest BCUT2D eigenvalue weighted by Crippen LogP contribution is -2.27. The van der Waals surface area contributed by atoms with E-state index in [0.717, 1.165) is 17.5 Å². The molecule has 1 atom stereocenters. The normalized spacial score (nSPS) is 14.9. The van der Waals surface area contributed by atoms with Gasteiger partial charge in [-0.3, -0.25) is 0 Å². The standard InChI is InChI=1S/C17H22O/c1-5-17(4,12(2)3)14-9-10-16(18)15-8-6-7-13(15)11-14/h6-12,18H,5H2,1-4H3. The van der Waals surface area contributed by atoms with Crippen molar-refractivity contribution in [2.45, 2.75) is 39.5 Å². The van der Waals surface area contributed by atoms with E-state index >= 15 is 0 Å². The van der Waals surface area contributed by atoms with Gasteiger partial charge < -0.3 is 5.11 Å². The first-order valence-electron chi connectivity index (χ1n) is 6.71. The molecule has 0 saturated heterocycles. The Balaban J connectivity index is 2.62. The molecular weight excluding hydrogens is 220 g/mol. The lowest BCUT2D eigenvalue weighted by Gasteiger charge is -2.33. The van der Waals surface area contributed by atoms with E-state index in [9.17, 15) is 5.11 Å². The summed E-state index contributed by atoms with van der Waals surface area (Å²) in [5.74, 6) is 0.931. The Labute approximate surface area is 110 Å². The van der Waals surface area contributed by atoms with Crippen molar-refractivity contribution in [2.75, 3.05) is 0 Å². The van der Waals surface area contributed by atoms with Crippen LogP contribution >= 0.6 is 0 Å². The van der Waals surface area contributed by atoms with Crippen molar-refractivity contribution < 1.29 is 5.11 Å². The average Bonchev–Trinajstić information content (AvgIpc) is 2.75. The maximum atomic E-state index is 10.0. The molecule has 1 heteroatoms. The summed E-state index contributed by atoms with van der Waals surface area (Å²) in [4.78, 5) is 0. The van der Waals surface area contributed by atoms with Crippen molar-refractivity contribution in [2.24, 2.45) is 5.92 Å². The van der Waals surface area contributed by atoms with Crippen molar-refractivity contribution in [3.05, 3.63) is 42.0 Å². The highest BCUT2D eigenvalue weighted by Crippen LogP contribution is 2.39. The number of rotatable bonds is 3. The minimum atomic E-state index is 0.148. The van der Waals surface area contributed by atoms with Crippen LogP contribution in [-0.2, 0) is 5.41 Å². The highest BCUT2D eigenvalue weighted by atomic mass is 16.3. The van der Waals surface area contributed by atoms with Gasteiger partial charge in [-0.05, 0) is 34.9 Å². The fourth-order valence-corrected chi connectivity index (χ4v) is 2.57. The summed E-state index contributed by atoms with van der Waals surface area (Å²) in [6, 6.07) is 12.1. The summed E-state index contributed by atoms with van der Waals surface area (Å²) in [6.07, 6.45) is 1.09. The van der Waals surface area contributed by atoms with Gasteiger partial charge in [0.1, 0.15) is 5.75 Å². The molecule has 1 N–H and O–H groups in total. The molecule has 18 heavy (non-hydrogen) atoms. The number of aromatic hydroxyl groups is 1. The summed E-state index contributed by atoms with van der Waals surface area (Å²) >= 11 is 0. The zero-order chi connectivity index (χ0) is 13.3. The van der Waals surface area contributed by atoms with Gasteiger partial charge in [0.15, 0.2) is 0 Å². The molecule has 0 amide bonds. The number of hydrogen-bond donors (Lipinski definition) is 1. The third-order valence-corrected chi connectivity index (χ3v) is 4.53. The smallest absolute Gasteiger partial charge is 0.123 e. The largest absolute Gasteiger partial charge is 0.507 e. The third-order valence-electron chi connectivity index (χ3n) is 4.53. The van der Waals surface area contributed by atoms with Gasteiger partial charge in [0.25, 0.3) is 0 Å². The molecule has 0 aromatic rings. The summed E-state index contributed by atoms with van der Waals surface area (Å²) in [5.41, 5.74) is 3.50. The minimum absolute atomic E-state index is 0.148. The first-order chi connectivity index (χ1) is 8.49. The van der Waals surface area contributed by atoms with Crippen molar-refractivity contribution >= 4 is 0 Å². The van der Waals surface area contributed by atoms with Crippen LogP contribution in [0.3, 0.4) is 0 Å². The highest BCUT2D eigenvalue weighted by molar-refractivity contribution is 5.72. The second-order valence-corrected chi connectivity index (χ2v) is 5.64. The number of hydrogen-bond acceptors (Lipinski definition) is 1. The molecule has 0 saturated carbocycles. The lowest BCUT2D eigenvalue weighted by molar-refractivity contribution is 0.326. The molecule has 0 bridgehead atoms. The molecule has 2 rings (SSSR count). The van der Waals surface area contributed by atoms with E-state index in [1.165, 1.54) is 5.56 Å². The van der Waals surface area contributed by atoms with Crippen LogP contribution in [0.25, 0.3) is 11.1 Å². The summed E-state index contributed by atoms with van der Waals surface area (Å²) in [7, 11) is 0. The Bertz CT molecular complexity index is 515. The van der Waals surface area contributed by atoms with E-state index in [0.29, 0.717) is 11.7 Å². The molecule has 0 aromatic carbocycles. The van der Waals surface area contributed by atoms with E-state index in [2.05, 4.69) is 45.9 Å². The molecule has 96 valence electrons. The van der Waals surface area contributed by atoms with Gasteiger partial charge in [0, 0.05) is 5.56 Å². The Kier molecular flexibility index (Phi) is 3.34. The van der Waals surface area contributed by atoms with E-state index in [1.807, 2.05) is 18.2 Å². The average molecular weight is 242 g/mol. The zero-order valence-corrected chi connectivity index (χ0v) is 11.7. The predicted octanol–water partition coefficient (Wildman–Crippen LogP) is 4.82. The van der Waals surface area contributed by atoms with Crippen LogP contribution < -0.4 is 0 Å². The van der Waals surface area contributed by atoms with E-state index in [4.69, 9.17) is 0 Å². The summed E-state index contributed by atoms with van der Waals surface area (Å²) < 4.78 is 0. The fourth-order valence-electron chi connectivity index (χ4n) is 2.57. The van der Waals surface area contributed by atoms with Crippen LogP contribution in [0.2, 0.25) is 0 Å². The molecule has 1 nitrogen and oxygen atoms in total. The molecule has 0 aromatic heterocycles. The Morgan fingerprint density at radius 2 is 1.89 bits per heavy atom. The van der Waals surface area contributed by atoms with Crippen molar-refractivity contribution in [3.63, 3.8) is 0 Å². The van der Waals surface area contributed by atoms with Crippen LogP contribution in [0.15, 0.2) is 36.4 Å². The molecule has 2 aliphatic carbocycles. The first kappa shape index (κ1) is 12.9. The van der Waals surface area contributed by atoms with Gasteiger partial charge in [-0.15, -0.1) is 0 Å². The lowest BCUT2D eigenvalue weighted by atomic mass is 9.72. The van der Waals surface area contributed by atoms with Gasteiger partial charge >= 0.3 is 0 Å². The molecule has 0 heterocycles. The SMILES string of the molecule is CCC(C)(c1ccc(O)c2cccc-2c1)C(C)C. The van der Waals surface area contributed by atoms with Crippen LogP contribution in [-0.4, -0.2) is 5.11 Å². The molecule has 0 radical (unpaired) electrons. The Morgan fingerprint density at radius 1 is 1.17 bits per heavy atom. The topological polar surface area (TPSA) is 20.2 Å². The van der Waals surface area contributed by atoms with Gasteiger partial charge in [-0.25, -0.2) is 0 Å². The van der Waals surface area contributed by atoms with E-state index in [-0.39, 0.29) is 5.41 Å². The van der Waals surface area contributed by atoms with Crippen LogP contribution in [0.5, 0.6) is 5.75 Å². The van der Waals surface area contributed by atoms with Gasteiger partial charge in [0.2, 0.25) is 0 Å². The maximum Gasteiger partial charge on any atom is 0.123 e. The van der Waals surface area contributed by atoms with Crippen LogP contribution in [0, 0.1) is 5.92 Å². The summed E-state index contributed by atoms with van der Waals surface area (Å²) in [6.45, 7) is 9.06. The quantitative estimate of drug-likeness (QED) is 0.818. The van der Waals surface area contributed by atoms with E-state index < -0.39 is 0 Å². The van der Waals surface area contributed by atoms with Crippen molar-refractivity contribution in [3.8, 4) is 16.9 Å². The van der Waals surface area contributed by atoms with Crippen LogP contribution in [0.1, 0.15) is 39.7 Å². The third kappa shape index (κ3) is 1.98. The molecule has 0 spiro atoms. The molecule has 2 aliphatic rings. The fraction of sp³-hybridized carbons (Fsp3) is 0.412. The number of fused-ring (bicyclic) bond motifs is 1. The monoisotopic (exact) mass is 242 g/mol. The second kappa shape index (κ2) is 4.64. The first-order valence-corrected chi connectivity index (χ1v) is 6.71. The maximum absolute atomic E-state index is 10.0. The van der Waals surface area contributed by atoms with Crippen LogP contribution in [0.4, 0.5) is 0 Å². The Morgan fingerprint density at radius 3 is 2.50 bits per heavy atom. The molecule has 1 unspecified atom stereocenters. The molecule has 0 fully saturated rings. The molecule has 0 aliphatic heterocycles. The predicted molar refractivity (Wildman–Crippen MR) is 77.2 cm³/mol. The van der Waals surface area contributed by atoms with Crippen molar-refractivity contribution in [1.82, 2.24) is 0 Å². The Hall–Kier alpha value is -1.50.